The number of aliphatic hydroxyl groups excluding tert-OH is 1. The molecule has 0 aliphatic carbocycles. The average molecular weight is 403 g/mol. The van der Waals surface area contributed by atoms with Crippen molar-refractivity contribution in [2.75, 3.05) is 6.61 Å². The van der Waals surface area contributed by atoms with Crippen LogP contribution in [-0.4, -0.2) is 23.7 Å². The first-order valence-electron chi connectivity index (χ1n) is 9.26. The summed E-state index contributed by atoms with van der Waals surface area (Å²) in [6, 6.07) is 7.77. The Hall–Kier alpha value is -2.93. The van der Waals surface area contributed by atoms with Crippen molar-refractivity contribution in [3.8, 4) is 22.6 Å². The monoisotopic (exact) mass is 403 g/mol. The number of ether oxygens (including phenoxy) is 2. The summed E-state index contributed by atoms with van der Waals surface area (Å²) in [5, 5.41) is 12.8. The standard InChI is InChI=1S/C22H23F2NO4/c1-4-20(27)25-13(2)17-11-18(21-16(9-10-28-21)19(17)12-26)14-5-7-15(8-6-14)29-22(3,23)24/h4-8,11,13,26H,1,9-10,12H2,2-3H3,(H,25,27). The first-order valence-corrected chi connectivity index (χ1v) is 9.26. The molecule has 154 valence electrons. The molecule has 3 rings (SSSR count). The second-order valence-electron chi connectivity index (χ2n) is 6.92. The van der Waals surface area contributed by atoms with Crippen LogP contribution in [0.3, 0.4) is 0 Å². The molecule has 0 bridgehead atoms. The van der Waals surface area contributed by atoms with Gasteiger partial charge in [-0.1, -0.05) is 18.7 Å². The maximum atomic E-state index is 13.1. The minimum atomic E-state index is -3.26. The van der Waals surface area contributed by atoms with Crippen LogP contribution in [0.25, 0.3) is 11.1 Å². The number of carbonyl (C=O) groups is 1. The van der Waals surface area contributed by atoms with Crippen LogP contribution >= 0.6 is 0 Å². The van der Waals surface area contributed by atoms with Crippen molar-refractivity contribution < 1.29 is 28.2 Å². The number of amides is 1. The van der Waals surface area contributed by atoms with Crippen molar-refractivity contribution in [2.24, 2.45) is 0 Å². The maximum absolute atomic E-state index is 13.1. The summed E-state index contributed by atoms with van der Waals surface area (Å²) in [7, 11) is 0. The second-order valence-corrected chi connectivity index (χ2v) is 6.92. The van der Waals surface area contributed by atoms with Gasteiger partial charge in [-0.3, -0.25) is 4.79 Å². The van der Waals surface area contributed by atoms with Crippen molar-refractivity contribution in [3.05, 3.63) is 59.7 Å². The van der Waals surface area contributed by atoms with Crippen LogP contribution < -0.4 is 14.8 Å². The molecule has 29 heavy (non-hydrogen) atoms. The number of aliphatic hydroxyl groups is 1. The molecule has 1 heterocycles. The van der Waals surface area contributed by atoms with Crippen LogP contribution in [0.1, 0.15) is 36.6 Å². The predicted molar refractivity (Wildman–Crippen MR) is 105 cm³/mol. The van der Waals surface area contributed by atoms with Crippen LogP contribution in [0, 0.1) is 0 Å². The predicted octanol–water partition coefficient (Wildman–Crippen LogP) is 4.14. The fourth-order valence-electron chi connectivity index (χ4n) is 3.51. The highest BCUT2D eigenvalue weighted by molar-refractivity contribution is 5.87. The second kappa shape index (κ2) is 8.21. The van der Waals surface area contributed by atoms with Gasteiger partial charge >= 0.3 is 6.11 Å². The molecule has 1 amide bonds. The lowest BCUT2D eigenvalue weighted by atomic mass is 9.90. The fourth-order valence-corrected chi connectivity index (χ4v) is 3.51. The van der Waals surface area contributed by atoms with Gasteiger partial charge in [-0.2, -0.15) is 8.78 Å². The van der Waals surface area contributed by atoms with Gasteiger partial charge in [0.25, 0.3) is 0 Å². The normalized spacial score (nSPS) is 14.0. The van der Waals surface area contributed by atoms with Gasteiger partial charge in [0.15, 0.2) is 0 Å². The molecule has 0 saturated heterocycles. The highest BCUT2D eigenvalue weighted by Gasteiger charge is 2.27. The molecule has 0 radical (unpaired) electrons. The van der Waals surface area contributed by atoms with E-state index in [1.54, 1.807) is 12.1 Å². The van der Waals surface area contributed by atoms with E-state index in [0.717, 1.165) is 27.8 Å². The van der Waals surface area contributed by atoms with E-state index < -0.39 is 6.11 Å². The van der Waals surface area contributed by atoms with Crippen molar-refractivity contribution in [2.45, 2.75) is 39.0 Å². The Bertz CT molecular complexity index is 920. The Labute approximate surface area is 168 Å². The molecule has 1 atom stereocenters. The maximum Gasteiger partial charge on any atom is 0.394 e. The van der Waals surface area contributed by atoms with Gasteiger partial charge in [-0.05, 0) is 47.9 Å². The van der Waals surface area contributed by atoms with E-state index in [1.165, 1.54) is 18.2 Å². The largest absolute Gasteiger partial charge is 0.492 e. The quantitative estimate of drug-likeness (QED) is 0.682. The summed E-state index contributed by atoms with van der Waals surface area (Å²) in [5.41, 5.74) is 3.90. The Morgan fingerprint density at radius 3 is 2.69 bits per heavy atom. The minimum Gasteiger partial charge on any atom is -0.492 e. The molecule has 5 nitrogen and oxygen atoms in total. The third-order valence-electron chi connectivity index (χ3n) is 4.76. The zero-order valence-corrected chi connectivity index (χ0v) is 16.3. The van der Waals surface area contributed by atoms with E-state index in [9.17, 15) is 18.7 Å². The number of hydrogen-bond donors (Lipinski definition) is 2. The Morgan fingerprint density at radius 1 is 1.41 bits per heavy atom. The summed E-state index contributed by atoms with van der Waals surface area (Å²) >= 11 is 0. The molecule has 0 saturated carbocycles. The van der Waals surface area contributed by atoms with Crippen LogP contribution in [-0.2, 0) is 17.8 Å². The number of alkyl halides is 2. The van der Waals surface area contributed by atoms with E-state index in [-0.39, 0.29) is 24.3 Å². The number of halogens is 2. The molecule has 1 unspecified atom stereocenters. The molecule has 1 aliphatic rings. The molecule has 0 fully saturated rings. The minimum absolute atomic E-state index is 0.0534. The van der Waals surface area contributed by atoms with E-state index in [1.807, 2.05) is 13.0 Å². The van der Waals surface area contributed by atoms with Crippen LogP contribution in [0.5, 0.6) is 11.5 Å². The summed E-state index contributed by atoms with van der Waals surface area (Å²) in [4.78, 5) is 11.7. The fraction of sp³-hybridized carbons (Fsp3) is 0.318. The van der Waals surface area contributed by atoms with Gasteiger partial charge in [0, 0.05) is 24.5 Å². The zero-order chi connectivity index (χ0) is 21.2. The van der Waals surface area contributed by atoms with Gasteiger partial charge < -0.3 is 19.9 Å². The van der Waals surface area contributed by atoms with E-state index in [2.05, 4.69) is 16.6 Å². The molecule has 0 aromatic heterocycles. The summed E-state index contributed by atoms with van der Waals surface area (Å²) in [5.74, 6) is 0.397. The lowest BCUT2D eigenvalue weighted by Crippen LogP contribution is -2.25. The number of hydrogen-bond acceptors (Lipinski definition) is 4. The Morgan fingerprint density at radius 2 is 2.10 bits per heavy atom. The topological polar surface area (TPSA) is 67.8 Å². The van der Waals surface area contributed by atoms with Gasteiger partial charge in [0.05, 0.1) is 19.3 Å². The van der Waals surface area contributed by atoms with Gasteiger partial charge in [-0.15, -0.1) is 0 Å². The van der Waals surface area contributed by atoms with E-state index in [0.29, 0.717) is 25.7 Å². The third-order valence-corrected chi connectivity index (χ3v) is 4.76. The molecular formula is C22H23F2NO4. The molecule has 2 aromatic rings. The number of rotatable bonds is 7. The number of nitrogens with one attached hydrogen (secondary N) is 1. The number of carbonyl (C=O) groups excluding carboxylic acids is 1. The SMILES string of the molecule is C=CC(=O)NC(C)c1cc(-c2ccc(OC(C)(F)F)cc2)c2c(c1CO)CCO2. The van der Waals surface area contributed by atoms with Crippen LogP contribution in [0.2, 0.25) is 0 Å². The van der Waals surface area contributed by atoms with Gasteiger partial charge in [0.2, 0.25) is 5.91 Å². The molecule has 1 aliphatic heterocycles. The Balaban J connectivity index is 2.05. The van der Waals surface area contributed by atoms with Crippen molar-refractivity contribution in [3.63, 3.8) is 0 Å². The molecule has 2 aromatic carbocycles. The lowest BCUT2D eigenvalue weighted by molar-refractivity contribution is -0.158. The molecule has 7 heteroatoms. The van der Waals surface area contributed by atoms with Crippen molar-refractivity contribution >= 4 is 5.91 Å². The summed E-state index contributed by atoms with van der Waals surface area (Å²) in [6.07, 6.45) is -1.44. The van der Waals surface area contributed by atoms with Crippen molar-refractivity contribution in [1.29, 1.82) is 0 Å². The summed E-state index contributed by atoms with van der Waals surface area (Å²) in [6.45, 7) is 6.26. The van der Waals surface area contributed by atoms with Gasteiger partial charge in [0.1, 0.15) is 11.5 Å². The van der Waals surface area contributed by atoms with Crippen LogP contribution in [0.4, 0.5) is 8.78 Å². The van der Waals surface area contributed by atoms with E-state index in [4.69, 9.17) is 4.74 Å². The highest BCUT2D eigenvalue weighted by atomic mass is 19.3. The lowest BCUT2D eigenvalue weighted by Gasteiger charge is -2.21. The zero-order valence-electron chi connectivity index (χ0n) is 16.3. The molecular weight excluding hydrogens is 380 g/mol. The van der Waals surface area contributed by atoms with E-state index >= 15 is 0 Å². The first-order chi connectivity index (χ1) is 13.7. The third kappa shape index (κ3) is 4.56. The number of benzene rings is 2. The molecule has 2 N–H and O–H groups in total. The van der Waals surface area contributed by atoms with Crippen molar-refractivity contribution in [1.82, 2.24) is 5.32 Å². The average Bonchev–Trinajstić information content (AvgIpc) is 3.15. The number of fused-ring (bicyclic) bond motifs is 1. The molecule has 0 spiro atoms. The Kier molecular flexibility index (Phi) is 5.88. The highest BCUT2D eigenvalue weighted by Crippen LogP contribution is 2.42. The first kappa shape index (κ1) is 20.8. The van der Waals surface area contributed by atoms with Crippen LogP contribution in [0.15, 0.2) is 43.0 Å². The van der Waals surface area contributed by atoms with Gasteiger partial charge in [-0.25, -0.2) is 0 Å². The smallest absolute Gasteiger partial charge is 0.394 e. The summed E-state index contributed by atoms with van der Waals surface area (Å²) < 4.78 is 36.5.